The Balaban J connectivity index is 1.41. The fraction of sp³-hybridized carbons (Fsp3) is 0.269. The molecule has 0 bridgehead atoms. The zero-order chi connectivity index (χ0) is 24.8. The van der Waals surface area contributed by atoms with Crippen LogP contribution in [0.2, 0.25) is 0 Å². The van der Waals surface area contributed by atoms with Gasteiger partial charge in [0.05, 0.1) is 30.8 Å². The molecular formula is C26H28N2O6S. The van der Waals surface area contributed by atoms with Gasteiger partial charge in [-0.25, -0.2) is 8.42 Å². The molecule has 3 aromatic carbocycles. The van der Waals surface area contributed by atoms with Crippen LogP contribution in [-0.2, 0) is 21.4 Å². The number of ether oxygens (including phenoxy) is 3. The van der Waals surface area contributed by atoms with E-state index in [-0.39, 0.29) is 16.9 Å². The summed E-state index contributed by atoms with van der Waals surface area (Å²) in [7, 11) is -3.85. The van der Waals surface area contributed by atoms with Gasteiger partial charge in [-0.15, -0.1) is 0 Å². The van der Waals surface area contributed by atoms with Crippen LogP contribution >= 0.6 is 0 Å². The molecule has 0 fully saturated rings. The minimum absolute atomic E-state index is 0.0601. The lowest BCUT2D eigenvalue weighted by Gasteiger charge is -2.12. The van der Waals surface area contributed by atoms with Crippen molar-refractivity contribution in [1.82, 2.24) is 0 Å². The second-order valence-corrected chi connectivity index (χ2v) is 10.0. The monoisotopic (exact) mass is 496 g/mol. The first kappa shape index (κ1) is 24.6. The third kappa shape index (κ3) is 6.52. The lowest BCUT2D eigenvalue weighted by Crippen LogP contribution is -2.14. The van der Waals surface area contributed by atoms with E-state index in [2.05, 4.69) is 10.0 Å². The zero-order valence-electron chi connectivity index (χ0n) is 19.6. The molecule has 2 N–H and O–H groups in total. The van der Waals surface area contributed by atoms with E-state index in [0.717, 1.165) is 12.0 Å². The standard InChI is InChI=1S/C26H28N2O6S/c1-18(2)34-17-19-5-3-6-22(15-19)27-26(29)20-7-9-21(10-8-20)28-35(30,31)23-11-12-24-25(16-23)33-14-4-13-32-24/h3,5-12,15-16,18,28H,4,13-14,17H2,1-2H3,(H,27,29). The molecule has 0 unspecified atom stereocenters. The fourth-order valence-electron chi connectivity index (χ4n) is 3.42. The second-order valence-electron chi connectivity index (χ2n) is 8.36. The van der Waals surface area contributed by atoms with Crippen molar-refractivity contribution in [3.8, 4) is 11.5 Å². The van der Waals surface area contributed by atoms with Gasteiger partial charge in [-0.3, -0.25) is 9.52 Å². The molecule has 1 aliphatic rings. The van der Waals surface area contributed by atoms with E-state index >= 15 is 0 Å². The average molecular weight is 497 g/mol. The third-order valence-corrected chi connectivity index (χ3v) is 6.58. The molecule has 4 rings (SSSR count). The van der Waals surface area contributed by atoms with Gasteiger partial charge in [0.2, 0.25) is 0 Å². The van der Waals surface area contributed by atoms with Crippen molar-refractivity contribution in [3.05, 3.63) is 77.9 Å². The van der Waals surface area contributed by atoms with Crippen molar-refractivity contribution in [1.29, 1.82) is 0 Å². The van der Waals surface area contributed by atoms with Crippen molar-refractivity contribution in [2.45, 2.75) is 37.9 Å². The van der Waals surface area contributed by atoms with Crippen LogP contribution in [0.3, 0.4) is 0 Å². The maximum absolute atomic E-state index is 12.9. The summed E-state index contributed by atoms with van der Waals surface area (Å²) in [4.78, 5) is 12.7. The summed E-state index contributed by atoms with van der Waals surface area (Å²) in [5.41, 5.74) is 2.34. The predicted octanol–water partition coefficient (Wildman–Crippen LogP) is 4.83. The fourth-order valence-corrected chi connectivity index (χ4v) is 4.49. The predicted molar refractivity (Wildman–Crippen MR) is 134 cm³/mol. The largest absolute Gasteiger partial charge is 0.490 e. The quantitative estimate of drug-likeness (QED) is 0.463. The van der Waals surface area contributed by atoms with Gasteiger partial charge in [0.1, 0.15) is 0 Å². The number of nitrogens with one attached hydrogen (secondary N) is 2. The molecule has 0 saturated heterocycles. The second kappa shape index (κ2) is 10.8. The molecule has 35 heavy (non-hydrogen) atoms. The SMILES string of the molecule is CC(C)OCc1cccc(NC(=O)c2ccc(NS(=O)(=O)c3ccc4c(c3)OCCCO4)cc2)c1. The molecule has 1 heterocycles. The first-order chi connectivity index (χ1) is 16.8. The highest BCUT2D eigenvalue weighted by atomic mass is 32.2. The maximum Gasteiger partial charge on any atom is 0.262 e. The van der Waals surface area contributed by atoms with Crippen LogP contribution in [0, 0.1) is 0 Å². The van der Waals surface area contributed by atoms with Gasteiger partial charge in [0, 0.05) is 29.4 Å². The van der Waals surface area contributed by atoms with E-state index in [1.54, 1.807) is 36.4 Å². The van der Waals surface area contributed by atoms with Gasteiger partial charge in [-0.2, -0.15) is 0 Å². The summed E-state index contributed by atoms with van der Waals surface area (Å²) in [6.45, 7) is 5.37. The summed E-state index contributed by atoms with van der Waals surface area (Å²) in [6, 6.07) is 18.2. The first-order valence-corrected chi connectivity index (χ1v) is 12.8. The normalized spacial score (nSPS) is 13.2. The van der Waals surface area contributed by atoms with E-state index in [1.165, 1.54) is 12.1 Å². The Morgan fingerprint density at radius 2 is 1.69 bits per heavy atom. The highest BCUT2D eigenvalue weighted by molar-refractivity contribution is 7.92. The third-order valence-electron chi connectivity index (χ3n) is 5.20. The molecule has 0 aromatic heterocycles. The number of rotatable bonds is 8. The summed E-state index contributed by atoms with van der Waals surface area (Å²) in [5, 5.41) is 2.85. The molecule has 184 valence electrons. The Bertz CT molecular complexity index is 1290. The number of carbonyl (C=O) groups excluding carboxylic acids is 1. The van der Waals surface area contributed by atoms with Crippen LogP contribution < -0.4 is 19.5 Å². The molecular weight excluding hydrogens is 468 g/mol. The van der Waals surface area contributed by atoms with Crippen molar-refractivity contribution in [3.63, 3.8) is 0 Å². The summed E-state index contributed by atoms with van der Waals surface area (Å²) in [5.74, 6) is 0.622. The number of anilines is 2. The number of hydrogen-bond donors (Lipinski definition) is 2. The summed E-state index contributed by atoms with van der Waals surface area (Å²) >= 11 is 0. The van der Waals surface area contributed by atoms with Crippen LogP contribution in [0.1, 0.15) is 36.2 Å². The van der Waals surface area contributed by atoms with Crippen molar-refractivity contribution in [2.24, 2.45) is 0 Å². The minimum atomic E-state index is -3.85. The number of carbonyl (C=O) groups is 1. The maximum atomic E-state index is 12.9. The Morgan fingerprint density at radius 3 is 2.43 bits per heavy atom. The first-order valence-electron chi connectivity index (χ1n) is 11.3. The van der Waals surface area contributed by atoms with Crippen LogP contribution in [0.4, 0.5) is 11.4 Å². The molecule has 0 aliphatic carbocycles. The average Bonchev–Trinajstić information content (AvgIpc) is 3.08. The molecule has 0 spiro atoms. The van der Waals surface area contributed by atoms with Gasteiger partial charge >= 0.3 is 0 Å². The zero-order valence-corrected chi connectivity index (χ0v) is 20.4. The Kier molecular flexibility index (Phi) is 7.57. The Hall–Kier alpha value is -3.56. The molecule has 0 atom stereocenters. The van der Waals surface area contributed by atoms with E-state index in [1.807, 2.05) is 32.0 Å². The molecule has 3 aromatic rings. The van der Waals surface area contributed by atoms with E-state index in [9.17, 15) is 13.2 Å². The summed E-state index contributed by atoms with van der Waals surface area (Å²) in [6.07, 6.45) is 0.843. The van der Waals surface area contributed by atoms with Crippen molar-refractivity contribution >= 4 is 27.3 Å². The Labute approximate surface area is 205 Å². The van der Waals surface area contributed by atoms with Gasteiger partial charge < -0.3 is 19.5 Å². The number of hydrogen-bond acceptors (Lipinski definition) is 6. The van der Waals surface area contributed by atoms with Gasteiger partial charge in [-0.1, -0.05) is 12.1 Å². The lowest BCUT2D eigenvalue weighted by molar-refractivity contribution is 0.0657. The molecule has 1 amide bonds. The topological polar surface area (TPSA) is 103 Å². The molecule has 0 saturated carbocycles. The number of amides is 1. The minimum Gasteiger partial charge on any atom is -0.490 e. The van der Waals surface area contributed by atoms with Gasteiger partial charge in [0.15, 0.2) is 11.5 Å². The molecule has 8 nitrogen and oxygen atoms in total. The highest BCUT2D eigenvalue weighted by Gasteiger charge is 2.19. The Morgan fingerprint density at radius 1 is 0.943 bits per heavy atom. The molecule has 1 aliphatic heterocycles. The smallest absolute Gasteiger partial charge is 0.262 e. The molecule has 9 heteroatoms. The molecule has 0 radical (unpaired) electrons. The number of benzene rings is 3. The van der Waals surface area contributed by atoms with Crippen LogP contribution in [-0.4, -0.2) is 33.6 Å². The van der Waals surface area contributed by atoms with Crippen molar-refractivity contribution in [2.75, 3.05) is 23.3 Å². The highest BCUT2D eigenvalue weighted by Crippen LogP contribution is 2.32. The lowest BCUT2D eigenvalue weighted by atomic mass is 10.1. The van der Waals surface area contributed by atoms with Crippen LogP contribution in [0.5, 0.6) is 11.5 Å². The van der Waals surface area contributed by atoms with Crippen LogP contribution in [0.15, 0.2) is 71.6 Å². The summed E-state index contributed by atoms with van der Waals surface area (Å²) < 4.78 is 45.0. The van der Waals surface area contributed by atoms with E-state index in [4.69, 9.17) is 14.2 Å². The van der Waals surface area contributed by atoms with Crippen LogP contribution in [0.25, 0.3) is 0 Å². The van der Waals surface area contributed by atoms with E-state index in [0.29, 0.717) is 48.3 Å². The number of fused-ring (bicyclic) bond motifs is 1. The van der Waals surface area contributed by atoms with Crippen molar-refractivity contribution < 1.29 is 27.4 Å². The van der Waals surface area contributed by atoms with Gasteiger partial charge in [0.25, 0.3) is 15.9 Å². The van der Waals surface area contributed by atoms with Gasteiger partial charge in [-0.05, 0) is 67.9 Å². The van der Waals surface area contributed by atoms with E-state index < -0.39 is 10.0 Å². The number of sulfonamides is 1.